The van der Waals surface area contributed by atoms with Crippen molar-refractivity contribution in [2.75, 3.05) is 0 Å². The fourth-order valence-corrected chi connectivity index (χ4v) is 1.51. The molecule has 0 unspecified atom stereocenters. The van der Waals surface area contributed by atoms with Crippen molar-refractivity contribution in [3.8, 4) is 0 Å². The molecule has 1 aromatic carbocycles. The number of benzene rings is 1. The molecular weight excluding hydrogens is 214 g/mol. The third kappa shape index (κ3) is 4.92. The molecule has 0 aromatic heterocycles. The second-order valence-electron chi connectivity index (χ2n) is 2.69. The molecule has 0 radical (unpaired) electrons. The summed E-state index contributed by atoms with van der Waals surface area (Å²) in [6, 6.07) is 8.16. The topological polar surface area (TPSA) is 84.2 Å². The molecule has 0 saturated heterocycles. The molecule has 80 valence electrons. The summed E-state index contributed by atoms with van der Waals surface area (Å²) in [5, 5.41) is 1.90. The lowest BCUT2D eigenvalue weighted by atomic mass is 10.2. The van der Waals surface area contributed by atoms with Crippen LogP contribution in [0.2, 0.25) is 0 Å². The summed E-state index contributed by atoms with van der Waals surface area (Å²) < 4.78 is 2.43. The zero-order valence-corrected chi connectivity index (χ0v) is 8.71. The fraction of sp³-hybridized carbons (Fsp3) is 0.111. The minimum Gasteiger partial charge on any atom is -0.351 e. The van der Waals surface area contributed by atoms with Gasteiger partial charge in [0.25, 0.3) is 0 Å². The van der Waals surface area contributed by atoms with Crippen LogP contribution in [0.25, 0.3) is 0 Å². The molecule has 0 aliphatic rings. The van der Waals surface area contributed by atoms with Gasteiger partial charge in [-0.1, -0.05) is 30.3 Å². The van der Waals surface area contributed by atoms with Crippen LogP contribution in [0.1, 0.15) is 5.56 Å². The highest BCUT2D eigenvalue weighted by Gasteiger charge is 2.02. The molecule has 4 N–H and O–H groups in total. The number of carbonyl (C=O) groups is 2. The van der Waals surface area contributed by atoms with E-state index < -0.39 is 12.1 Å². The van der Waals surface area contributed by atoms with Gasteiger partial charge in [-0.05, 0) is 17.5 Å². The van der Waals surface area contributed by atoms with Crippen LogP contribution in [0.5, 0.6) is 0 Å². The maximum atomic E-state index is 10.9. The molecule has 0 bridgehead atoms. The van der Waals surface area contributed by atoms with Gasteiger partial charge in [-0.25, -0.2) is 9.59 Å². The first-order valence-corrected chi connectivity index (χ1v) is 5.19. The number of nitrogens with two attached hydrogens (primary N) is 1. The van der Waals surface area contributed by atoms with Gasteiger partial charge in [-0.3, -0.25) is 10.0 Å². The molecule has 5 nitrogen and oxygen atoms in total. The van der Waals surface area contributed by atoms with Crippen molar-refractivity contribution in [1.82, 2.24) is 10.0 Å². The fourth-order valence-electron chi connectivity index (χ4n) is 0.897. The van der Waals surface area contributed by atoms with Gasteiger partial charge >= 0.3 is 12.1 Å². The average Bonchev–Trinajstić information content (AvgIpc) is 2.18. The predicted molar refractivity (Wildman–Crippen MR) is 59.0 cm³/mol. The molecule has 0 aliphatic carbocycles. The van der Waals surface area contributed by atoms with Gasteiger partial charge in [0.2, 0.25) is 0 Å². The first-order valence-electron chi connectivity index (χ1n) is 4.20. The monoisotopic (exact) mass is 225 g/mol. The van der Waals surface area contributed by atoms with Gasteiger partial charge in [0.15, 0.2) is 0 Å². The normalized spacial score (nSPS) is 9.33. The first-order chi connectivity index (χ1) is 7.18. The van der Waals surface area contributed by atoms with E-state index in [1.54, 1.807) is 0 Å². The van der Waals surface area contributed by atoms with Crippen LogP contribution in [0, 0.1) is 0 Å². The molecule has 0 spiro atoms. The van der Waals surface area contributed by atoms with Crippen LogP contribution in [0.3, 0.4) is 0 Å². The summed E-state index contributed by atoms with van der Waals surface area (Å²) in [5.41, 5.74) is 5.84. The summed E-state index contributed by atoms with van der Waals surface area (Å²) in [6.07, 6.45) is 0. The molecule has 6 heteroatoms. The van der Waals surface area contributed by atoms with Crippen molar-refractivity contribution in [2.45, 2.75) is 5.75 Å². The van der Waals surface area contributed by atoms with Gasteiger partial charge in [-0.15, -0.1) is 0 Å². The predicted octanol–water partition coefficient (Wildman–Crippen LogP) is 1.21. The molecule has 0 atom stereocenters. The maximum absolute atomic E-state index is 10.9. The number of amides is 4. The maximum Gasteiger partial charge on any atom is 0.332 e. The first kappa shape index (κ1) is 11.4. The summed E-state index contributed by atoms with van der Waals surface area (Å²) in [4.78, 5) is 21.2. The lowest BCUT2D eigenvalue weighted by Gasteiger charge is -2.03. The van der Waals surface area contributed by atoms with Gasteiger partial charge in [0, 0.05) is 5.75 Å². The van der Waals surface area contributed by atoms with E-state index in [1.165, 1.54) is 11.9 Å². The van der Waals surface area contributed by atoms with Crippen LogP contribution in [-0.4, -0.2) is 12.1 Å². The number of primary amides is 1. The Morgan fingerprint density at radius 2 is 1.93 bits per heavy atom. The number of imide groups is 1. The van der Waals surface area contributed by atoms with E-state index in [1.807, 2.05) is 35.6 Å². The Labute approximate surface area is 91.5 Å². The van der Waals surface area contributed by atoms with Crippen molar-refractivity contribution in [3.63, 3.8) is 0 Å². The van der Waals surface area contributed by atoms with Gasteiger partial charge in [0.05, 0.1) is 0 Å². The van der Waals surface area contributed by atoms with Crippen LogP contribution in [0.15, 0.2) is 30.3 Å². The molecule has 0 saturated carbocycles. The summed E-state index contributed by atoms with van der Waals surface area (Å²) in [7, 11) is 0. The minimum absolute atomic E-state index is 0.608. The molecule has 0 heterocycles. The molecule has 15 heavy (non-hydrogen) atoms. The average molecular weight is 225 g/mol. The molecule has 0 fully saturated rings. The number of hydrogen-bond donors (Lipinski definition) is 3. The van der Waals surface area contributed by atoms with E-state index in [0.29, 0.717) is 5.75 Å². The van der Waals surface area contributed by atoms with Gasteiger partial charge in [-0.2, -0.15) is 0 Å². The van der Waals surface area contributed by atoms with Crippen molar-refractivity contribution >= 4 is 24.0 Å². The number of hydrogen-bond acceptors (Lipinski definition) is 3. The summed E-state index contributed by atoms with van der Waals surface area (Å²) in [5.74, 6) is 0.632. The zero-order chi connectivity index (χ0) is 11.1. The number of urea groups is 2. The third-order valence-electron chi connectivity index (χ3n) is 1.48. The van der Waals surface area contributed by atoms with Crippen LogP contribution >= 0.6 is 11.9 Å². The van der Waals surface area contributed by atoms with E-state index >= 15 is 0 Å². The SMILES string of the molecule is NC(=O)NC(=O)NSCc1ccccc1. The molecule has 4 amide bonds. The smallest absolute Gasteiger partial charge is 0.332 e. The second kappa shape index (κ2) is 5.92. The van der Waals surface area contributed by atoms with Crippen LogP contribution in [0.4, 0.5) is 9.59 Å². The highest BCUT2D eigenvalue weighted by Crippen LogP contribution is 2.07. The lowest BCUT2D eigenvalue weighted by Crippen LogP contribution is -2.39. The Balaban J connectivity index is 2.22. The standard InChI is InChI=1S/C9H11N3O2S/c10-8(13)11-9(14)12-15-6-7-4-2-1-3-5-7/h1-5H,6H2,(H4,10,11,12,13,14). The Kier molecular flexibility index (Phi) is 4.49. The van der Waals surface area contributed by atoms with E-state index in [-0.39, 0.29) is 0 Å². The Morgan fingerprint density at radius 1 is 1.27 bits per heavy atom. The van der Waals surface area contributed by atoms with Crippen LogP contribution < -0.4 is 15.8 Å². The van der Waals surface area contributed by atoms with Gasteiger partial charge in [0.1, 0.15) is 0 Å². The van der Waals surface area contributed by atoms with Crippen LogP contribution in [-0.2, 0) is 5.75 Å². The Bertz CT molecular complexity index is 342. The van der Waals surface area contributed by atoms with Crippen molar-refractivity contribution in [2.24, 2.45) is 5.73 Å². The largest absolute Gasteiger partial charge is 0.351 e. The van der Waals surface area contributed by atoms with Crippen molar-refractivity contribution in [3.05, 3.63) is 35.9 Å². The summed E-state index contributed by atoms with van der Waals surface area (Å²) in [6.45, 7) is 0. The number of nitrogens with one attached hydrogen (secondary N) is 2. The Morgan fingerprint density at radius 3 is 2.53 bits per heavy atom. The summed E-state index contributed by atoms with van der Waals surface area (Å²) >= 11 is 1.19. The highest BCUT2D eigenvalue weighted by molar-refractivity contribution is 7.97. The zero-order valence-electron chi connectivity index (χ0n) is 7.90. The number of carbonyl (C=O) groups excluding carboxylic acids is 2. The van der Waals surface area contributed by atoms with E-state index in [9.17, 15) is 9.59 Å². The lowest BCUT2D eigenvalue weighted by molar-refractivity contribution is 0.235. The Hall–Kier alpha value is -1.69. The van der Waals surface area contributed by atoms with Crippen molar-refractivity contribution in [1.29, 1.82) is 0 Å². The second-order valence-corrected chi connectivity index (χ2v) is 3.48. The molecule has 1 rings (SSSR count). The van der Waals surface area contributed by atoms with Gasteiger partial charge < -0.3 is 5.73 Å². The van der Waals surface area contributed by atoms with E-state index in [0.717, 1.165) is 5.56 Å². The minimum atomic E-state index is -0.868. The molecular formula is C9H11N3O2S. The number of rotatable bonds is 3. The van der Waals surface area contributed by atoms with E-state index in [4.69, 9.17) is 5.73 Å². The highest BCUT2D eigenvalue weighted by atomic mass is 32.2. The molecule has 0 aliphatic heterocycles. The molecule has 1 aromatic rings. The quantitative estimate of drug-likeness (QED) is 0.676. The third-order valence-corrected chi connectivity index (χ3v) is 2.29. The van der Waals surface area contributed by atoms with E-state index in [2.05, 4.69) is 4.72 Å². The van der Waals surface area contributed by atoms with Crippen molar-refractivity contribution < 1.29 is 9.59 Å².